The Morgan fingerprint density at radius 2 is 1.90 bits per heavy atom. The van der Waals surface area contributed by atoms with Crippen molar-refractivity contribution in [3.8, 4) is 0 Å². The molecule has 8 heteroatoms. The standard InChI is InChI=1S/C23H28ClN5O2/c1-3-28-15-18-5-4-16(12-20(18)26-23(28)31)14-27-8-10-29(11-9-27)21-7-6-17(13-19(21)24)22(30)25-2/h4-7,12-13H,3,8-11,14-15H2,1-2H3,(H,25,30)(H,26,31). The van der Waals surface area contributed by atoms with Gasteiger partial charge in [-0.05, 0) is 42.3 Å². The quantitative estimate of drug-likeness (QED) is 0.746. The molecule has 1 fully saturated rings. The molecular weight excluding hydrogens is 414 g/mol. The number of carbonyl (C=O) groups is 2. The molecule has 2 aliphatic rings. The van der Waals surface area contributed by atoms with Crippen molar-refractivity contribution in [1.82, 2.24) is 15.1 Å². The second-order valence-corrected chi connectivity index (χ2v) is 8.35. The number of rotatable bonds is 5. The third-order valence-corrected chi connectivity index (χ3v) is 6.30. The number of fused-ring (bicyclic) bond motifs is 1. The average Bonchev–Trinajstić information content (AvgIpc) is 2.78. The van der Waals surface area contributed by atoms with Gasteiger partial charge in [0.15, 0.2) is 0 Å². The Morgan fingerprint density at radius 3 is 2.58 bits per heavy atom. The summed E-state index contributed by atoms with van der Waals surface area (Å²) in [5.74, 6) is -0.137. The van der Waals surface area contributed by atoms with Crippen molar-refractivity contribution in [2.45, 2.75) is 20.0 Å². The predicted octanol–water partition coefficient (Wildman–Crippen LogP) is 3.39. The zero-order chi connectivity index (χ0) is 22.0. The summed E-state index contributed by atoms with van der Waals surface area (Å²) < 4.78 is 0. The van der Waals surface area contributed by atoms with Gasteiger partial charge in [-0.2, -0.15) is 0 Å². The van der Waals surface area contributed by atoms with Gasteiger partial charge in [0.25, 0.3) is 5.91 Å². The molecule has 2 aromatic rings. The van der Waals surface area contributed by atoms with Gasteiger partial charge < -0.3 is 20.4 Å². The number of nitrogens with one attached hydrogen (secondary N) is 2. The van der Waals surface area contributed by atoms with Crippen molar-refractivity contribution in [2.75, 3.05) is 50.0 Å². The van der Waals surface area contributed by atoms with Crippen LogP contribution in [0.5, 0.6) is 0 Å². The van der Waals surface area contributed by atoms with Crippen molar-refractivity contribution in [2.24, 2.45) is 0 Å². The van der Waals surface area contributed by atoms with Gasteiger partial charge in [-0.3, -0.25) is 9.69 Å². The lowest BCUT2D eigenvalue weighted by Crippen LogP contribution is -2.46. The Labute approximate surface area is 187 Å². The van der Waals surface area contributed by atoms with Gasteiger partial charge in [0, 0.05) is 64.1 Å². The molecule has 164 valence electrons. The van der Waals surface area contributed by atoms with E-state index in [1.54, 1.807) is 18.0 Å². The summed E-state index contributed by atoms with van der Waals surface area (Å²) >= 11 is 6.46. The van der Waals surface area contributed by atoms with Gasteiger partial charge in [-0.1, -0.05) is 23.7 Å². The van der Waals surface area contributed by atoms with Crippen molar-refractivity contribution in [3.05, 3.63) is 58.1 Å². The molecule has 2 heterocycles. The molecule has 2 aromatic carbocycles. The van der Waals surface area contributed by atoms with E-state index >= 15 is 0 Å². The SMILES string of the molecule is CCN1Cc2ccc(CN3CCN(c4ccc(C(=O)NC)cc4Cl)CC3)cc2NC1=O. The van der Waals surface area contributed by atoms with E-state index in [2.05, 4.69) is 38.6 Å². The van der Waals surface area contributed by atoms with Crippen LogP contribution < -0.4 is 15.5 Å². The number of anilines is 2. The molecule has 31 heavy (non-hydrogen) atoms. The summed E-state index contributed by atoms with van der Waals surface area (Å²) in [5.41, 5.74) is 4.81. The molecule has 0 bridgehead atoms. The molecule has 0 aliphatic carbocycles. The minimum Gasteiger partial charge on any atom is -0.368 e. The average molecular weight is 442 g/mol. The van der Waals surface area contributed by atoms with Crippen LogP contribution in [-0.4, -0.2) is 61.5 Å². The first-order valence-electron chi connectivity index (χ1n) is 10.6. The molecule has 0 radical (unpaired) electrons. The van der Waals surface area contributed by atoms with Crippen LogP contribution in [0, 0.1) is 0 Å². The van der Waals surface area contributed by atoms with Crippen LogP contribution in [0.2, 0.25) is 5.02 Å². The largest absolute Gasteiger partial charge is 0.368 e. The van der Waals surface area contributed by atoms with Crippen LogP contribution >= 0.6 is 11.6 Å². The highest BCUT2D eigenvalue weighted by molar-refractivity contribution is 6.33. The van der Waals surface area contributed by atoms with E-state index in [1.807, 2.05) is 19.1 Å². The third kappa shape index (κ3) is 4.62. The summed E-state index contributed by atoms with van der Waals surface area (Å²) in [6, 6.07) is 11.8. The number of amides is 3. The van der Waals surface area contributed by atoms with Gasteiger partial charge in [-0.15, -0.1) is 0 Å². The van der Waals surface area contributed by atoms with E-state index in [9.17, 15) is 9.59 Å². The lowest BCUT2D eigenvalue weighted by Gasteiger charge is -2.36. The van der Waals surface area contributed by atoms with Gasteiger partial charge in [0.1, 0.15) is 0 Å². The number of hydrogen-bond donors (Lipinski definition) is 2. The lowest BCUT2D eigenvalue weighted by molar-refractivity contribution is 0.0963. The third-order valence-electron chi connectivity index (χ3n) is 6.00. The predicted molar refractivity (Wildman–Crippen MR) is 124 cm³/mol. The number of hydrogen-bond acceptors (Lipinski definition) is 4. The zero-order valence-electron chi connectivity index (χ0n) is 17.9. The maximum atomic E-state index is 12.1. The van der Waals surface area contributed by atoms with E-state index in [0.717, 1.165) is 49.7 Å². The summed E-state index contributed by atoms with van der Waals surface area (Å²) in [7, 11) is 1.61. The Hall–Kier alpha value is -2.77. The Morgan fingerprint density at radius 1 is 1.13 bits per heavy atom. The molecule has 0 unspecified atom stereocenters. The summed E-state index contributed by atoms with van der Waals surface area (Å²) in [6.45, 7) is 7.77. The van der Waals surface area contributed by atoms with Crippen molar-refractivity contribution in [3.63, 3.8) is 0 Å². The van der Waals surface area contributed by atoms with E-state index < -0.39 is 0 Å². The maximum Gasteiger partial charge on any atom is 0.322 e. The van der Waals surface area contributed by atoms with E-state index in [-0.39, 0.29) is 11.9 Å². The zero-order valence-corrected chi connectivity index (χ0v) is 18.7. The number of piperazine rings is 1. The summed E-state index contributed by atoms with van der Waals surface area (Å²) in [6.07, 6.45) is 0. The van der Waals surface area contributed by atoms with Gasteiger partial charge in [0.05, 0.1) is 10.7 Å². The fraction of sp³-hybridized carbons (Fsp3) is 0.391. The number of carbonyl (C=O) groups excluding carboxylic acids is 2. The fourth-order valence-corrected chi connectivity index (χ4v) is 4.46. The second kappa shape index (κ2) is 9.16. The van der Waals surface area contributed by atoms with Crippen LogP contribution in [0.1, 0.15) is 28.4 Å². The molecule has 2 aliphatic heterocycles. The Balaban J connectivity index is 1.36. The van der Waals surface area contributed by atoms with E-state index in [0.29, 0.717) is 23.7 Å². The number of halogens is 1. The lowest BCUT2D eigenvalue weighted by atomic mass is 10.1. The van der Waals surface area contributed by atoms with Crippen molar-refractivity contribution in [1.29, 1.82) is 0 Å². The highest BCUT2D eigenvalue weighted by Gasteiger charge is 2.23. The minimum absolute atomic E-state index is 0.0277. The van der Waals surface area contributed by atoms with Crippen LogP contribution in [-0.2, 0) is 13.1 Å². The highest BCUT2D eigenvalue weighted by Crippen LogP contribution is 2.29. The molecule has 3 amide bonds. The van der Waals surface area contributed by atoms with Crippen LogP contribution in [0.4, 0.5) is 16.2 Å². The first-order chi connectivity index (χ1) is 15.0. The highest BCUT2D eigenvalue weighted by atomic mass is 35.5. The van der Waals surface area contributed by atoms with Gasteiger partial charge in [-0.25, -0.2) is 4.79 Å². The maximum absolute atomic E-state index is 12.1. The van der Waals surface area contributed by atoms with E-state index in [1.165, 1.54) is 5.56 Å². The smallest absolute Gasteiger partial charge is 0.322 e. The Kier molecular flexibility index (Phi) is 6.34. The molecule has 2 N–H and O–H groups in total. The fourth-order valence-electron chi connectivity index (χ4n) is 4.16. The van der Waals surface area contributed by atoms with Crippen LogP contribution in [0.3, 0.4) is 0 Å². The topological polar surface area (TPSA) is 67.9 Å². The van der Waals surface area contributed by atoms with Crippen LogP contribution in [0.15, 0.2) is 36.4 Å². The molecule has 0 spiro atoms. The minimum atomic E-state index is -0.137. The van der Waals surface area contributed by atoms with Gasteiger partial charge in [0.2, 0.25) is 0 Å². The summed E-state index contributed by atoms with van der Waals surface area (Å²) in [5, 5.41) is 6.22. The molecule has 0 saturated carbocycles. The first-order valence-corrected chi connectivity index (χ1v) is 11.0. The summed E-state index contributed by atoms with van der Waals surface area (Å²) in [4.78, 5) is 30.4. The second-order valence-electron chi connectivity index (χ2n) is 7.94. The molecule has 0 aromatic heterocycles. The molecule has 0 atom stereocenters. The monoisotopic (exact) mass is 441 g/mol. The normalized spacial score (nSPS) is 16.7. The molecule has 7 nitrogen and oxygen atoms in total. The number of urea groups is 1. The van der Waals surface area contributed by atoms with E-state index in [4.69, 9.17) is 11.6 Å². The molecule has 1 saturated heterocycles. The van der Waals surface area contributed by atoms with Crippen molar-refractivity contribution < 1.29 is 9.59 Å². The first kappa shape index (κ1) is 21.5. The molecule has 4 rings (SSSR count). The number of nitrogens with zero attached hydrogens (tertiary/aromatic N) is 3. The number of benzene rings is 2. The molecular formula is C23H28ClN5O2. The van der Waals surface area contributed by atoms with Gasteiger partial charge >= 0.3 is 6.03 Å². The van der Waals surface area contributed by atoms with Crippen LogP contribution in [0.25, 0.3) is 0 Å². The Bertz CT molecular complexity index is 988. The van der Waals surface area contributed by atoms with Crippen molar-refractivity contribution >= 4 is 34.9 Å².